The highest BCUT2D eigenvalue weighted by Crippen LogP contribution is 2.32. The second-order valence-corrected chi connectivity index (χ2v) is 5.07. The third kappa shape index (κ3) is 2.82. The molecule has 0 saturated carbocycles. The molecule has 20 heavy (non-hydrogen) atoms. The van der Waals surface area contributed by atoms with E-state index in [2.05, 4.69) is 39.7 Å². The summed E-state index contributed by atoms with van der Waals surface area (Å²) in [5, 5.41) is 7.44. The van der Waals surface area contributed by atoms with Gasteiger partial charge in [-0.05, 0) is 18.1 Å². The average molecular weight is 273 g/mol. The molecular weight excluding hydrogens is 254 g/mol. The maximum Gasteiger partial charge on any atom is 0.227 e. The van der Waals surface area contributed by atoms with E-state index < -0.39 is 0 Å². The zero-order valence-electron chi connectivity index (χ0n) is 11.6. The van der Waals surface area contributed by atoms with Crippen molar-refractivity contribution < 1.29 is 9.26 Å². The van der Waals surface area contributed by atoms with Crippen LogP contribution < -0.4 is 5.32 Å². The first-order valence-electron chi connectivity index (χ1n) is 7.00. The number of anilines is 1. The molecule has 2 heterocycles. The molecule has 1 aliphatic rings. The second kappa shape index (κ2) is 6.05. The lowest BCUT2D eigenvalue weighted by atomic mass is 9.98. The van der Waals surface area contributed by atoms with E-state index in [-0.39, 0.29) is 0 Å². The highest BCUT2D eigenvalue weighted by Gasteiger charge is 2.23. The van der Waals surface area contributed by atoms with E-state index in [1.807, 2.05) is 0 Å². The Hall–Kier alpha value is -1.88. The van der Waals surface area contributed by atoms with Crippen LogP contribution in [0.3, 0.4) is 0 Å². The van der Waals surface area contributed by atoms with Crippen molar-refractivity contribution in [3.8, 4) is 0 Å². The van der Waals surface area contributed by atoms with Crippen molar-refractivity contribution in [2.75, 3.05) is 25.6 Å². The molecule has 0 bridgehead atoms. The smallest absolute Gasteiger partial charge is 0.227 e. The molecule has 0 fully saturated rings. The van der Waals surface area contributed by atoms with E-state index in [4.69, 9.17) is 9.26 Å². The van der Waals surface area contributed by atoms with Crippen LogP contribution in [0.2, 0.25) is 0 Å². The second-order valence-electron chi connectivity index (χ2n) is 5.07. The summed E-state index contributed by atoms with van der Waals surface area (Å²) in [4.78, 5) is 4.46. The van der Waals surface area contributed by atoms with Gasteiger partial charge in [-0.15, -0.1) is 0 Å². The first kappa shape index (κ1) is 13.1. The summed E-state index contributed by atoms with van der Waals surface area (Å²) in [6, 6.07) is 8.40. The highest BCUT2D eigenvalue weighted by molar-refractivity contribution is 5.57. The molecule has 1 aromatic heterocycles. The van der Waals surface area contributed by atoms with Crippen LogP contribution in [0.1, 0.15) is 29.6 Å². The summed E-state index contributed by atoms with van der Waals surface area (Å²) < 4.78 is 10.4. The molecule has 1 unspecified atom stereocenters. The number of ether oxygens (including phenoxy) is 1. The fraction of sp³-hybridized carbons (Fsp3) is 0.467. The topological polar surface area (TPSA) is 60.2 Å². The van der Waals surface area contributed by atoms with E-state index in [1.165, 1.54) is 11.3 Å². The van der Waals surface area contributed by atoms with Crippen LogP contribution in [0.25, 0.3) is 0 Å². The van der Waals surface area contributed by atoms with Crippen LogP contribution >= 0.6 is 0 Å². The standard InChI is InChI=1S/C15H19N3O2/c1-19-8-4-7-14-17-15(20-18-14)9-11-10-16-13-6-3-2-5-12(11)13/h2-3,5-6,11,16H,4,7-10H2,1H3. The van der Waals surface area contributed by atoms with Gasteiger partial charge in [0.25, 0.3) is 0 Å². The van der Waals surface area contributed by atoms with E-state index in [1.54, 1.807) is 7.11 Å². The zero-order valence-corrected chi connectivity index (χ0v) is 11.6. The van der Waals surface area contributed by atoms with E-state index in [9.17, 15) is 0 Å². The van der Waals surface area contributed by atoms with Gasteiger partial charge in [-0.3, -0.25) is 0 Å². The number of benzene rings is 1. The molecule has 1 atom stereocenters. The lowest BCUT2D eigenvalue weighted by Crippen LogP contribution is -2.05. The van der Waals surface area contributed by atoms with Gasteiger partial charge >= 0.3 is 0 Å². The lowest BCUT2D eigenvalue weighted by Gasteiger charge is -2.05. The van der Waals surface area contributed by atoms with Crippen molar-refractivity contribution in [1.29, 1.82) is 0 Å². The Labute approximate surface area is 118 Å². The molecule has 3 rings (SSSR count). The van der Waals surface area contributed by atoms with Crippen LogP contribution in [0.5, 0.6) is 0 Å². The van der Waals surface area contributed by atoms with E-state index in [0.29, 0.717) is 5.92 Å². The van der Waals surface area contributed by atoms with Crippen molar-refractivity contribution in [1.82, 2.24) is 10.1 Å². The Morgan fingerprint density at radius 2 is 2.30 bits per heavy atom. The molecule has 5 nitrogen and oxygen atoms in total. The van der Waals surface area contributed by atoms with Gasteiger partial charge < -0.3 is 14.6 Å². The van der Waals surface area contributed by atoms with Crippen molar-refractivity contribution in [2.45, 2.75) is 25.2 Å². The zero-order chi connectivity index (χ0) is 13.8. The van der Waals surface area contributed by atoms with Crippen LogP contribution in [0, 0.1) is 0 Å². The third-order valence-corrected chi connectivity index (χ3v) is 3.62. The minimum absolute atomic E-state index is 0.415. The van der Waals surface area contributed by atoms with Gasteiger partial charge in [-0.1, -0.05) is 23.4 Å². The quantitative estimate of drug-likeness (QED) is 0.819. The predicted octanol–water partition coefficient (Wildman–Crippen LogP) is 2.40. The Morgan fingerprint density at radius 3 is 3.20 bits per heavy atom. The normalized spacial score (nSPS) is 16.9. The van der Waals surface area contributed by atoms with Crippen molar-refractivity contribution >= 4 is 5.69 Å². The molecule has 2 aromatic rings. The number of aromatic nitrogens is 2. The fourth-order valence-corrected chi connectivity index (χ4v) is 2.60. The van der Waals surface area contributed by atoms with Crippen LogP contribution in [-0.2, 0) is 17.6 Å². The number of nitrogens with one attached hydrogen (secondary N) is 1. The van der Waals surface area contributed by atoms with Crippen LogP contribution in [-0.4, -0.2) is 30.4 Å². The summed E-state index contributed by atoms with van der Waals surface area (Å²) in [6.45, 7) is 1.66. The van der Waals surface area contributed by atoms with Crippen LogP contribution in [0.4, 0.5) is 5.69 Å². The molecule has 0 radical (unpaired) electrons. The monoisotopic (exact) mass is 273 g/mol. The number of hydrogen-bond donors (Lipinski definition) is 1. The first-order chi connectivity index (χ1) is 9.86. The molecule has 106 valence electrons. The molecule has 0 aliphatic carbocycles. The highest BCUT2D eigenvalue weighted by atomic mass is 16.5. The maximum atomic E-state index is 5.34. The Kier molecular flexibility index (Phi) is 3.97. The number of rotatable bonds is 6. The molecule has 0 saturated heterocycles. The Morgan fingerprint density at radius 1 is 1.40 bits per heavy atom. The lowest BCUT2D eigenvalue weighted by molar-refractivity contribution is 0.194. The van der Waals surface area contributed by atoms with E-state index >= 15 is 0 Å². The average Bonchev–Trinajstić information content (AvgIpc) is 3.08. The van der Waals surface area contributed by atoms with Gasteiger partial charge in [0, 0.05) is 44.7 Å². The molecule has 5 heteroatoms. The minimum atomic E-state index is 0.415. The van der Waals surface area contributed by atoms with Crippen molar-refractivity contribution in [3.05, 3.63) is 41.5 Å². The van der Waals surface area contributed by atoms with Gasteiger partial charge in [-0.25, -0.2) is 0 Å². The van der Waals surface area contributed by atoms with Gasteiger partial charge in [-0.2, -0.15) is 4.98 Å². The van der Waals surface area contributed by atoms with Gasteiger partial charge in [0.05, 0.1) is 0 Å². The summed E-state index contributed by atoms with van der Waals surface area (Å²) in [5.74, 6) is 1.91. The first-order valence-corrected chi connectivity index (χ1v) is 7.00. The molecule has 0 amide bonds. The minimum Gasteiger partial charge on any atom is -0.385 e. The van der Waals surface area contributed by atoms with Crippen molar-refractivity contribution in [3.63, 3.8) is 0 Å². The molecule has 1 aliphatic heterocycles. The Bertz CT molecular complexity index is 568. The number of hydrogen-bond acceptors (Lipinski definition) is 5. The Balaban J connectivity index is 1.62. The summed E-state index contributed by atoms with van der Waals surface area (Å²) in [6.07, 6.45) is 2.52. The van der Waals surface area contributed by atoms with Gasteiger partial charge in [0.1, 0.15) is 0 Å². The predicted molar refractivity (Wildman–Crippen MR) is 75.9 cm³/mol. The van der Waals surface area contributed by atoms with Gasteiger partial charge in [0.15, 0.2) is 5.82 Å². The van der Waals surface area contributed by atoms with E-state index in [0.717, 1.165) is 44.1 Å². The van der Waals surface area contributed by atoms with Crippen LogP contribution in [0.15, 0.2) is 28.8 Å². The number of para-hydroxylation sites is 1. The fourth-order valence-electron chi connectivity index (χ4n) is 2.60. The largest absolute Gasteiger partial charge is 0.385 e. The molecule has 1 N–H and O–H groups in total. The maximum absolute atomic E-state index is 5.34. The SMILES string of the molecule is COCCCc1noc(CC2CNc3ccccc32)n1. The van der Waals surface area contributed by atoms with Crippen molar-refractivity contribution in [2.24, 2.45) is 0 Å². The number of methoxy groups -OCH3 is 1. The number of fused-ring (bicyclic) bond motifs is 1. The number of aryl methyl sites for hydroxylation is 1. The third-order valence-electron chi connectivity index (χ3n) is 3.62. The summed E-state index contributed by atoms with van der Waals surface area (Å²) in [7, 11) is 1.70. The molecule has 0 spiro atoms. The molecule has 1 aromatic carbocycles. The summed E-state index contributed by atoms with van der Waals surface area (Å²) in [5.41, 5.74) is 2.56. The van der Waals surface area contributed by atoms with Gasteiger partial charge in [0.2, 0.25) is 5.89 Å². The molecular formula is C15H19N3O2. The number of nitrogens with zero attached hydrogens (tertiary/aromatic N) is 2. The summed E-state index contributed by atoms with van der Waals surface area (Å²) >= 11 is 0.